The van der Waals surface area contributed by atoms with E-state index in [2.05, 4.69) is 4.98 Å². The molecule has 0 aromatic carbocycles. The first-order valence-electron chi connectivity index (χ1n) is 5.11. The minimum absolute atomic E-state index is 0.000189. The van der Waals surface area contributed by atoms with E-state index >= 15 is 0 Å². The monoisotopic (exact) mass is 258 g/mol. The molecule has 1 aromatic rings. The van der Waals surface area contributed by atoms with Crippen LogP contribution in [0.3, 0.4) is 0 Å². The van der Waals surface area contributed by atoms with E-state index in [0.717, 1.165) is 0 Å². The van der Waals surface area contributed by atoms with Crippen LogP contribution in [0.15, 0.2) is 23.2 Å². The smallest absolute Gasteiger partial charge is 0.239 e. The average molecular weight is 258 g/mol. The number of hydrogen-bond acceptors (Lipinski definition) is 5. The van der Waals surface area contributed by atoms with Crippen LogP contribution in [0.5, 0.6) is 0 Å². The summed E-state index contributed by atoms with van der Waals surface area (Å²) in [4.78, 5) is 5.96. The maximum Gasteiger partial charge on any atom is 0.239 e. The second kappa shape index (κ2) is 4.59. The van der Waals surface area contributed by atoms with E-state index in [4.69, 9.17) is 10.9 Å². The Hall–Kier alpha value is -1.18. The van der Waals surface area contributed by atoms with Crippen molar-refractivity contribution in [2.24, 2.45) is 10.9 Å². The molecule has 1 aromatic heterocycles. The summed E-state index contributed by atoms with van der Waals surface area (Å²) < 4.78 is 22.1. The van der Waals surface area contributed by atoms with Crippen molar-refractivity contribution in [2.75, 3.05) is 18.5 Å². The number of anilines is 1. The Morgan fingerprint density at radius 1 is 1.41 bits per heavy atom. The van der Waals surface area contributed by atoms with Crippen molar-refractivity contribution in [3.63, 3.8) is 0 Å². The Morgan fingerprint density at radius 2 is 2.00 bits per heavy atom. The summed E-state index contributed by atoms with van der Waals surface area (Å²) in [5.41, 5.74) is 5.40. The van der Waals surface area contributed by atoms with E-state index in [0.29, 0.717) is 12.4 Å². The van der Waals surface area contributed by atoms with Gasteiger partial charge in [-0.05, 0) is 26.0 Å². The summed E-state index contributed by atoms with van der Waals surface area (Å²) in [5.74, 6) is 0.646. The molecule has 1 heterocycles. The number of hydrogen-bond donors (Lipinski definition) is 2. The molecule has 0 aliphatic heterocycles. The molecule has 7 heteroatoms. The Morgan fingerprint density at radius 3 is 2.35 bits per heavy atom. The van der Waals surface area contributed by atoms with Gasteiger partial charge >= 0.3 is 0 Å². The molecule has 1 rings (SSSR count). The molecular formula is C10H18N4O2S. The normalized spacial score (nSPS) is 12.5. The molecule has 0 atom stereocenters. The van der Waals surface area contributed by atoms with Gasteiger partial charge in [-0.2, -0.15) is 0 Å². The molecule has 0 unspecified atom stereocenters. The van der Waals surface area contributed by atoms with Crippen LogP contribution in [-0.2, 0) is 10.0 Å². The molecule has 4 N–H and O–H groups in total. The first-order chi connectivity index (χ1) is 7.68. The molecule has 0 fully saturated rings. The van der Waals surface area contributed by atoms with Gasteiger partial charge in [0.05, 0.1) is 0 Å². The van der Waals surface area contributed by atoms with E-state index in [-0.39, 0.29) is 10.4 Å². The third kappa shape index (κ3) is 3.15. The lowest BCUT2D eigenvalue weighted by atomic mass is 10.0. The summed E-state index contributed by atoms with van der Waals surface area (Å²) in [6, 6.07) is 3.04. The average Bonchev–Trinajstić information content (AvgIpc) is 2.27. The summed E-state index contributed by atoms with van der Waals surface area (Å²) in [5, 5.41) is 4.99. The van der Waals surface area contributed by atoms with E-state index in [1.54, 1.807) is 6.07 Å². The molecule has 0 bridgehead atoms. The molecule has 0 spiro atoms. The van der Waals surface area contributed by atoms with E-state index in [1.165, 1.54) is 12.3 Å². The molecule has 0 saturated heterocycles. The topological polar surface area (TPSA) is 102 Å². The maximum absolute atomic E-state index is 11.1. The van der Waals surface area contributed by atoms with Gasteiger partial charge in [0.15, 0.2) is 0 Å². The predicted octanol–water partition coefficient (Wildman–Crippen LogP) is -0.0975. The molecule has 6 nitrogen and oxygen atoms in total. The number of nitrogens with zero attached hydrogens (tertiary/aromatic N) is 2. The van der Waals surface area contributed by atoms with Gasteiger partial charge in [-0.1, -0.05) is 0 Å². The van der Waals surface area contributed by atoms with Gasteiger partial charge in [-0.25, -0.2) is 18.5 Å². The summed E-state index contributed by atoms with van der Waals surface area (Å²) in [6.07, 6.45) is 1.24. The fraction of sp³-hybridized carbons (Fsp3) is 0.500. The lowest BCUT2D eigenvalue weighted by molar-refractivity contribution is 0.494. The van der Waals surface area contributed by atoms with Crippen molar-refractivity contribution in [3.8, 4) is 0 Å². The second-order valence-corrected chi connectivity index (χ2v) is 6.03. The molecule has 0 amide bonds. The van der Waals surface area contributed by atoms with Crippen molar-refractivity contribution in [1.29, 1.82) is 0 Å². The van der Waals surface area contributed by atoms with Gasteiger partial charge < -0.3 is 10.6 Å². The van der Waals surface area contributed by atoms with Gasteiger partial charge in [-0.3, -0.25) is 0 Å². The highest BCUT2D eigenvalue weighted by Gasteiger charge is 2.23. The Bertz CT molecular complexity index is 482. The Labute approximate surface area is 102 Å². The number of aromatic nitrogens is 1. The summed E-state index contributed by atoms with van der Waals surface area (Å²) >= 11 is 0. The zero-order valence-electron chi connectivity index (χ0n) is 10.2. The summed E-state index contributed by atoms with van der Waals surface area (Å²) in [6.45, 7) is 4.41. The molecule has 0 radical (unpaired) electrons. The zero-order valence-corrected chi connectivity index (χ0v) is 11.0. The van der Waals surface area contributed by atoms with Gasteiger partial charge in [0, 0.05) is 25.3 Å². The van der Waals surface area contributed by atoms with Crippen molar-refractivity contribution in [2.45, 2.75) is 24.3 Å². The molecule has 0 aliphatic rings. The fourth-order valence-corrected chi connectivity index (χ4v) is 1.64. The Kier molecular flexibility index (Phi) is 3.75. The van der Waals surface area contributed by atoms with Gasteiger partial charge in [0.1, 0.15) is 10.7 Å². The van der Waals surface area contributed by atoms with E-state index < -0.39 is 10.0 Å². The lowest BCUT2D eigenvalue weighted by Crippen LogP contribution is -2.47. The van der Waals surface area contributed by atoms with Crippen molar-refractivity contribution >= 4 is 15.8 Å². The van der Waals surface area contributed by atoms with Crippen LogP contribution in [0.2, 0.25) is 0 Å². The number of primary sulfonamides is 1. The van der Waals surface area contributed by atoms with Crippen LogP contribution >= 0.6 is 0 Å². The number of pyridine rings is 1. The standard InChI is InChI=1S/C10H18N4O2S/c1-10(2,7-11)14(3)9-5-4-8(6-13-9)17(12,15)16/h4-6H,7,11H2,1-3H3,(H2,12,15,16). The van der Waals surface area contributed by atoms with Crippen LogP contribution < -0.4 is 15.8 Å². The van der Waals surface area contributed by atoms with Crippen molar-refractivity contribution < 1.29 is 8.42 Å². The van der Waals surface area contributed by atoms with Crippen molar-refractivity contribution in [3.05, 3.63) is 18.3 Å². The number of nitrogens with two attached hydrogens (primary N) is 2. The highest BCUT2D eigenvalue weighted by atomic mass is 32.2. The number of rotatable bonds is 4. The first kappa shape index (κ1) is 13.9. The zero-order chi connectivity index (χ0) is 13.3. The lowest BCUT2D eigenvalue weighted by Gasteiger charge is -2.35. The van der Waals surface area contributed by atoms with Crippen LogP contribution in [-0.4, -0.2) is 32.5 Å². The number of likely N-dealkylation sites (N-methyl/N-ethyl adjacent to an activating group) is 1. The van der Waals surface area contributed by atoms with Crippen LogP contribution in [0.25, 0.3) is 0 Å². The number of sulfonamides is 1. The molecule has 0 saturated carbocycles. The largest absolute Gasteiger partial charge is 0.353 e. The third-order valence-electron chi connectivity index (χ3n) is 2.80. The highest BCUT2D eigenvalue weighted by Crippen LogP contribution is 2.19. The highest BCUT2D eigenvalue weighted by molar-refractivity contribution is 7.89. The maximum atomic E-state index is 11.1. The third-order valence-corrected chi connectivity index (χ3v) is 3.70. The Balaban J connectivity index is 3.04. The predicted molar refractivity (Wildman–Crippen MR) is 67.1 cm³/mol. The SMILES string of the molecule is CN(c1ccc(S(N)(=O)=O)cn1)C(C)(C)CN. The van der Waals surface area contributed by atoms with Crippen LogP contribution in [0, 0.1) is 0 Å². The van der Waals surface area contributed by atoms with Gasteiger partial charge in [-0.15, -0.1) is 0 Å². The van der Waals surface area contributed by atoms with Crippen LogP contribution in [0.1, 0.15) is 13.8 Å². The fourth-order valence-electron chi connectivity index (χ4n) is 1.19. The first-order valence-corrected chi connectivity index (χ1v) is 6.66. The molecule has 96 valence electrons. The van der Waals surface area contributed by atoms with Crippen molar-refractivity contribution in [1.82, 2.24) is 4.98 Å². The van der Waals surface area contributed by atoms with E-state index in [1.807, 2.05) is 25.8 Å². The minimum Gasteiger partial charge on any atom is -0.353 e. The van der Waals surface area contributed by atoms with Gasteiger partial charge in [0.25, 0.3) is 0 Å². The molecule has 17 heavy (non-hydrogen) atoms. The summed E-state index contributed by atoms with van der Waals surface area (Å²) in [7, 11) is -1.84. The van der Waals surface area contributed by atoms with Crippen LogP contribution in [0.4, 0.5) is 5.82 Å². The molecular weight excluding hydrogens is 240 g/mol. The van der Waals surface area contributed by atoms with E-state index in [9.17, 15) is 8.42 Å². The van der Waals surface area contributed by atoms with Gasteiger partial charge in [0.2, 0.25) is 10.0 Å². The second-order valence-electron chi connectivity index (χ2n) is 4.47. The quantitative estimate of drug-likeness (QED) is 0.785. The molecule has 0 aliphatic carbocycles. The minimum atomic E-state index is -3.69.